The molecule has 0 spiro atoms. The van der Waals surface area contributed by atoms with Crippen LogP contribution >= 0.6 is 0 Å². The van der Waals surface area contributed by atoms with E-state index in [0.29, 0.717) is 29.4 Å². The zero-order chi connectivity index (χ0) is 24.7. The van der Waals surface area contributed by atoms with Crippen molar-refractivity contribution in [3.8, 4) is 11.1 Å². The van der Waals surface area contributed by atoms with Crippen LogP contribution in [0.5, 0.6) is 0 Å². The molecular formula is C29H31N5O2. The predicted molar refractivity (Wildman–Crippen MR) is 140 cm³/mol. The van der Waals surface area contributed by atoms with Crippen molar-refractivity contribution in [2.75, 3.05) is 6.54 Å². The maximum Gasteiger partial charge on any atom is 0.175 e. The first-order chi connectivity index (χ1) is 17.6. The number of aromatic nitrogens is 4. The van der Waals surface area contributed by atoms with Gasteiger partial charge in [-0.2, -0.15) is 0 Å². The fraction of sp³-hybridized carbons (Fsp3) is 0.379. The first kappa shape index (κ1) is 22.9. The number of benzene rings is 1. The summed E-state index contributed by atoms with van der Waals surface area (Å²) in [6, 6.07) is 9.72. The minimum absolute atomic E-state index is 0.399. The van der Waals surface area contributed by atoms with Crippen LogP contribution in [0.15, 0.2) is 58.2 Å². The van der Waals surface area contributed by atoms with Crippen molar-refractivity contribution in [2.45, 2.75) is 63.9 Å². The summed E-state index contributed by atoms with van der Waals surface area (Å²) >= 11 is 0. The zero-order valence-corrected chi connectivity index (χ0v) is 20.8. The number of pyridine rings is 1. The van der Waals surface area contributed by atoms with Crippen LogP contribution in [0.2, 0.25) is 0 Å². The van der Waals surface area contributed by atoms with Gasteiger partial charge in [0.25, 0.3) is 0 Å². The minimum atomic E-state index is -1.57. The fourth-order valence-corrected chi connectivity index (χ4v) is 5.75. The molecule has 184 valence electrons. The Balaban J connectivity index is 1.64. The Kier molecular flexibility index (Phi) is 5.80. The summed E-state index contributed by atoms with van der Waals surface area (Å²) in [7, 11) is 0. The van der Waals surface area contributed by atoms with Crippen LogP contribution in [0, 0.1) is 13.8 Å². The van der Waals surface area contributed by atoms with Gasteiger partial charge in [0.2, 0.25) is 0 Å². The molecule has 2 aliphatic rings. The highest BCUT2D eigenvalue weighted by atomic mass is 16.5. The summed E-state index contributed by atoms with van der Waals surface area (Å²) in [5, 5.41) is 16.8. The smallest absolute Gasteiger partial charge is 0.175 e. The lowest BCUT2D eigenvalue weighted by Crippen LogP contribution is -2.38. The summed E-state index contributed by atoms with van der Waals surface area (Å²) in [5.74, 6) is 2.13. The van der Waals surface area contributed by atoms with Gasteiger partial charge < -0.3 is 14.6 Å². The molecule has 1 aliphatic carbocycles. The molecule has 1 atom stereocenters. The van der Waals surface area contributed by atoms with Gasteiger partial charge in [-0.25, -0.2) is 4.98 Å². The molecule has 4 aromatic rings. The van der Waals surface area contributed by atoms with E-state index in [2.05, 4.69) is 27.3 Å². The van der Waals surface area contributed by atoms with E-state index in [0.717, 1.165) is 58.7 Å². The van der Waals surface area contributed by atoms with Crippen LogP contribution in [0.25, 0.3) is 22.2 Å². The first-order valence-electron chi connectivity index (χ1n) is 12.9. The van der Waals surface area contributed by atoms with Gasteiger partial charge in [0.05, 0.1) is 28.1 Å². The summed E-state index contributed by atoms with van der Waals surface area (Å²) in [5.41, 5.74) is 4.49. The summed E-state index contributed by atoms with van der Waals surface area (Å²) in [4.78, 5) is 18.1. The molecule has 1 saturated carbocycles. The van der Waals surface area contributed by atoms with Gasteiger partial charge in [0, 0.05) is 29.8 Å². The number of nitrogens with one attached hydrogen (secondary N) is 1. The number of H-pyrrole nitrogens is 1. The molecule has 1 fully saturated rings. The van der Waals surface area contributed by atoms with Gasteiger partial charge in [-0.3, -0.25) is 9.98 Å². The summed E-state index contributed by atoms with van der Waals surface area (Å²) in [6.45, 7) is 4.48. The second-order valence-corrected chi connectivity index (χ2v) is 9.96. The number of hydrogen-bond donors (Lipinski definition) is 2. The fourth-order valence-electron chi connectivity index (χ4n) is 5.75. The van der Waals surface area contributed by atoms with Crippen molar-refractivity contribution in [1.82, 2.24) is 20.1 Å². The topological polar surface area (TPSA) is 100 Å². The number of fused-ring (bicyclic) bond motifs is 1. The van der Waals surface area contributed by atoms with Crippen LogP contribution in [-0.4, -0.2) is 37.5 Å². The zero-order valence-electron chi connectivity index (χ0n) is 20.8. The second kappa shape index (κ2) is 9.13. The summed E-state index contributed by atoms with van der Waals surface area (Å²) < 4.78 is 5.50. The molecule has 0 saturated heterocycles. The lowest BCUT2D eigenvalue weighted by molar-refractivity contribution is 0.153. The standard InChI is InChI=1S/C29H31N5O2/c1-18-26(19(2)36-34-18)21-16-22(27-23(17-21)32-28(33-27)20-10-4-3-5-11-20)29(35,24-12-6-8-14-30-24)25-13-7-9-15-31-25/h6-8,12-14,16-17,20,35H,3-5,9-11,15H2,1-2H3,(H,32,33). The van der Waals surface area contributed by atoms with Gasteiger partial charge in [0.15, 0.2) is 5.60 Å². The Hall–Kier alpha value is -3.58. The van der Waals surface area contributed by atoms with E-state index in [4.69, 9.17) is 14.5 Å². The van der Waals surface area contributed by atoms with Crippen molar-refractivity contribution in [1.29, 1.82) is 0 Å². The molecule has 3 aromatic heterocycles. The first-order valence-corrected chi connectivity index (χ1v) is 12.9. The second-order valence-electron chi connectivity index (χ2n) is 9.96. The third kappa shape index (κ3) is 3.78. The van der Waals surface area contributed by atoms with Crippen molar-refractivity contribution >= 4 is 16.7 Å². The number of aromatic amines is 1. The van der Waals surface area contributed by atoms with Crippen LogP contribution in [0.4, 0.5) is 0 Å². The van der Waals surface area contributed by atoms with E-state index >= 15 is 0 Å². The molecule has 0 bridgehead atoms. The normalized spacial score (nSPS) is 18.4. The lowest BCUT2D eigenvalue weighted by atomic mass is 9.82. The molecule has 0 amide bonds. The monoisotopic (exact) mass is 481 g/mol. The van der Waals surface area contributed by atoms with E-state index in [9.17, 15) is 5.11 Å². The lowest BCUT2D eigenvalue weighted by Gasteiger charge is -2.30. The molecule has 1 aliphatic heterocycles. The maximum atomic E-state index is 12.6. The highest BCUT2D eigenvalue weighted by molar-refractivity contribution is 6.07. The third-order valence-corrected chi connectivity index (χ3v) is 7.57. The quantitative estimate of drug-likeness (QED) is 0.369. The highest BCUT2D eigenvalue weighted by Crippen LogP contribution is 2.41. The Labute approximate surface area is 210 Å². The molecule has 7 heteroatoms. The average Bonchev–Trinajstić information content (AvgIpc) is 3.51. The molecule has 36 heavy (non-hydrogen) atoms. The SMILES string of the molecule is Cc1noc(C)c1-c1cc(C(O)(C2=NCCC=C2)c2ccccn2)c2nc(C3CCCCC3)[nH]c2c1. The molecule has 2 N–H and O–H groups in total. The van der Waals surface area contributed by atoms with E-state index in [1.807, 2.05) is 44.2 Å². The van der Waals surface area contributed by atoms with E-state index in [1.165, 1.54) is 19.3 Å². The molecular weight excluding hydrogens is 450 g/mol. The van der Waals surface area contributed by atoms with Crippen LogP contribution in [0.1, 0.15) is 73.0 Å². The number of dihydropyridines is 1. The van der Waals surface area contributed by atoms with E-state index < -0.39 is 5.60 Å². The molecule has 6 rings (SSSR count). The molecule has 4 heterocycles. The van der Waals surface area contributed by atoms with Gasteiger partial charge in [-0.1, -0.05) is 36.6 Å². The van der Waals surface area contributed by atoms with Gasteiger partial charge in [0.1, 0.15) is 11.6 Å². The largest absolute Gasteiger partial charge is 0.373 e. The van der Waals surface area contributed by atoms with Gasteiger partial charge in [-0.15, -0.1) is 0 Å². The van der Waals surface area contributed by atoms with Gasteiger partial charge >= 0.3 is 0 Å². The Morgan fingerprint density at radius 3 is 2.67 bits per heavy atom. The molecule has 1 unspecified atom stereocenters. The molecule has 0 radical (unpaired) electrons. The Morgan fingerprint density at radius 1 is 1.11 bits per heavy atom. The average molecular weight is 482 g/mol. The third-order valence-electron chi connectivity index (χ3n) is 7.57. The van der Waals surface area contributed by atoms with Crippen molar-refractivity contribution in [3.05, 3.63) is 77.2 Å². The van der Waals surface area contributed by atoms with Crippen LogP contribution < -0.4 is 0 Å². The predicted octanol–water partition coefficient (Wildman–Crippen LogP) is 5.91. The number of aryl methyl sites for hydroxylation is 2. The number of aliphatic imine (C=N–C) groups is 1. The number of aliphatic hydroxyl groups is 1. The summed E-state index contributed by atoms with van der Waals surface area (Å²) in [6.07, 6.45) is 12.5. The van der Waals surface area contributed by atoms with Crippen LogP contribution in [-0.2, 0) is 5.60 Å². The Morgan fingerprint density at radius 2 is 1.97 bits per heavy atom. The number of hydrogen-bond acceptors (Lipinski definition) is 6. The molecule has 7 nitrogen and oxygen atoms in total. The van der Waals surface area contributed by atoms with Crippen molar-refractivity contribution in [3.63, 3.8) is 0 Å². The molecule has 1 aromatic carbocycles. The minimum Gasteiger partial charge on any atom is -0.373 e. The van der Waals surface area contributed by atoms with E-state index in [1.54, 1.807) is 6.20 Å². The van der Waals surface area contributed by atoms with Crippen molar-refractivity contribution in [2.24, 2.45) is 4.99 Å². The van der Waals surface area contributed by atoms with Crippen LogP contribution in [0.3, 0.4) is 0 Å². The number of rotatable bonds is 5. The maximum absolute atomic E-state index is 12.6. The van der Waals surface area contributed by atoms with Gasteiger partial charge in [-0.05, 0) is 69.0 Å². The highest BCUT2D eigenvalue weighted by Gasteiger charge is 2.41. The van der Waals surface area contributed by atoms with E-state index in [-0.39, 0.29) is 0 Å². The Bertz CT molecular complexity index is 1440. The van der Waals surface area contributed by atoms with Crippen molar-refractivity contribution < 1.29 is 9.63 Å². The number of nitrogens with zero attached hydrogens (tertiary/aromatic N) is 4. The number of imidazole rings is 1.